The number of hydrogen-bond acceptors (Lipinski definition) is 1. The van der Waals surface area contributed by atoms with Gasteiger partial charge in [-0.05, 0) is 24.1 Å². The number of carbonyl (C=O) groups is 1. The zero-order chi connectivity index (χ0) is 6.85. The lowest BCUT2D eigenvalue weighted by molar-refractivity contribution is 0.108. The Morgan fingerprint density at radius 1 is 1.67 bits per heavy atom. The van der Waals surface area contributed by atoms with Gasteiger partial charge in [0.2, 0.25) is 0 Å². The van der Waals surface area contributed by atoms with Crippen LogP contribution in [0.15, 0.2) is 12.4 Å². The topological polar surface area (TPSA) is 32.9 Å². The van der Waals surface area contributed by atoms with Gasteiger partial charge < -0.3 is 4.98 Å². The molecular formula is C6H6ClNO. The second-order valence-electron chi connectivity index (χ2n) is 1.83. The fraction of sp³-hybridized carbons (Fsp3) is 0.167. The van der Waals surface area contributed by atoms with Gasteiger partial charge in [0.05, 0.1) is 5.56 Å². The highest BCUT2D eigenvalue weighted by Gasteiger charge is 2.04. The third kappa shape index (κ3) is 1.13. The molecular weight excluding hydrogens is 138 g/mol. The molecule has 0 fully saturated rings. The van der Waals surface area contributed by atoms with Crippen LogP contribution in [0, 0.1) is 6.92 Å². The van der Waals surface area contributed by atoms with Gasteiger partial charge in [-0.3, -0.25) is 4.79 Å². The third-order valence-corrected chi connectivity index (χ3v) is 1.37. The highest BCUT2D eigenvalue weighted by molar-refractivity contribution is 6.67. The lowest BCUT2D eigenvalue weighted by atomic mass is 10.2. The van der Waals surface area contributed by atoms with E-state index in [-0.39, 0.29) is 0 Å². The molecule has 1 aromatic heterocycles. The van der Waals surface area contributed by atoms with Crippen LogP contribution in [0.25, 0.3) is 0 Å². The lowest BCUT2D eigenvalue weighted by Gasteiger charge is -1.85. The molecule has 0 aliphatic carbocycles. The zero-order valence-corrected chi connectivity index (χ0v) is 5.70. The fourth-order valence-corrected chi connectivity index (χ4v) is 0.857. The number of aromatic amines is 1. The Morgan fingerprint density at radius 2 is 2.33 bits per heavy atom. The van der Waals surface area contributed by atoms with Crippen molar-refractivity contribution in [2.75, 3.05) is 0 Å². The average molecular weight is 144 g/mol. The van der Waals surface area contributed by atoms with E-state index in [4.69, 9.17) is 11.6 Å². The monoisotopic (exact) mass is 143 g/mol. The SMILES string of the molecule is Cc1c[nH]cc1C(=O)Cl. The van der Waals surface area contributed by atoms with E-state index < -0.39 is 5.24 Å². The van der Waals surface area contributed by atoms with E-state index in [1.165, 1.54) is 0 Å². The number of aryl methyl sites for hydroxylation is 1. The molecule has 1 aromatic rings. The second-order valence-corrected chi connectivity index (χ2v) is 2.17. The molecule has 0 amide bonds. The van der Waals surface area contributed by atoms with Crippen LogP contribution in [0.2, 0.25) is 0 Å². The first-order valence-electron chi connectivity index (χ1n) is 2.55. The molecule has 0 aliphatic rings. The van der Waals surface area contributed by atoms with Crippen molar-refractivity contribution in [2.45, 2.75) is 6.92 Å². The number of rotatable bonds is 1. The Labute approximate surface area is 57.8 Å². The molecule has 1 heterocycles. The summed E-state index contributed by atoms with van der Waals surface area (Å²) in [7, 11) is 0. The van der Waals surface area contributed by atoms with Crippen molar-refractivity contribution in [1.29, 1.82) is 0 Å². The Kier molecular flexibility index (Phi) is 1.58. The van der Waals surface area contributed by atoms with Crippen molar-refractivity contribution in [3.05, 3.63) is 23.5 Å². The normalized spacial score (nSPS) is 9.56. The molecule has 2 nitrogen and oxygen atoms in total. The van der Waals surface area contributed by atoms with Gasteiger partial charge in [0, 0.05) is 12.4 Å². The standard InChI is InChI=1S/C6H6ClNO/c1-4-2-8-3-5(4)6(7)9/h2-3,8H,1H3. The first-order chi connectivity index (χ1) is 4.22. The summed E-state index contributed by atoms with van der Waals surface area (Å²) in [4.78, 5) is 13.2. The Bertz CT molecular complexity index is 229. The van der Waals surface area contributed by atoms with Crippen molar-refractivity contribution < 1.29 is 4.79 Å². The number of H-pyrrole nitrogens is 1. The number of carbonyl (C=O) groups excluding carboxylic acids is 1. The van der Waals surface area contributed by atoms with Gasteiger partial charge in [-0.1, -0.05) is 0 Å². The molecule has 0 bridgehead atoms. The van der Waals surface area contributed by atoms with E-state index in [0.717, 1.165) is 5.56 Å². The van der Waals surface area contributed by atoms with Crippen LogP contribution < -0.4 is 0 Å². The first kappa shape index (κ1) is 6.36. The minimum absolute atomic E-state index is 0.409. The molecule has 0 aliphatic heterocycles. The third-order valence-electron chi connectivity index (χ3n) is 1.16. The maximum Gasteiger partial charge on any atom is 0.254 e. The maximum absolute atomic E-state index is 10.5. The van der Waals surface area contributed by atoms with Crippen LogP contribution in [0.3, 0.4) is 0 Å². The minimum atomic E-state index is -0.409. The van der Waals surface area contributed by atoms with E-state index in [2.05, 4.69) is 4.98 Å². The van der Waals surface area contributed by atoms with Gasteiger partial charge in [-0.15, -0.1) is 0 Å². The highest BCUT2D eigenvalue weighted by Crippen LogP contribution is 2.07. The zero-order valence-electron chi connectivity index (χ0n) is 4.94. The largest absolute Gasteiger partial charge is 0.367 e. The molecule has 0 radical (unpaired) electrons. The van der Waals surface area contributed by atoms with Crippen molar-refractivity contribution in [2.24, 2.45) is 0 Å². The molecule has 0 aromatic carbocycles. The fourth-order valence-electron chi connectivity index (χ4n) is 0.653. The van der Waals surface area contributed by atoms with Crippen LogP contribution in [0.1, 0.15) is 15.9 Å². The summed E-state index contributed by atoms with van der Waals surface area (Å²) in [6.07, 6.45) is 3.32. The van der Waals surface area contributed by atoms with Crippen molar-refractivity contribution in [3.63, 3.8) is 0 Å². The Hall–Kier alpha value is -0.760. The first-order valence-corrected chi connectivity index (χ1v) is 2.93. The second kappa shape index (κ2) is 2.23. The molecule has 0 saturated heterocycles. The predicted molar refractivity (Wildman–Crippen MR) is 35.7 cm³/mol. The molecule has 1 N–H and O–H groups in total. The minimum Gasteiger partial charge on any atom is -0.367 e. The van der Waals surface area contributed by atoms with Crippen molar-refractivity contribution >= 4 is 16.8 Å². The lowest BCUT2D eigenvalue weighted by Crippen LogP contribution is -1.86. The molecule has 0 saturated carbocycles. The smallest absolute Gasteiger partial charge is 0.254 e. The van der Waals surface area contributed by atoms with Crippen molar-refractivity contribution in [1.82, 2.24) is 4.98 Å². The summed E-state index contributed by atoms with van der Waals surface area (Å²) in [5.41, 5.74) is 1.44. The summed E-state index contributed by atoms with van der Waals surface area (Å²) < 4.78 is 0. The van der Waals surface area contributed by atoms with Crippen LogP contribution in [0.4, 0.5) is 0 Å². The molecule has 1 rings (SSSR count). The van der Waals surface area contributed by atoms with Gasteiger partial charge in [-0.25, -0.2) is 0 Å². The van der Waals surface area contributed by atoms with Gasteiger partial charge in [-0.2, -0.15) is 0 Å². The molecule has 9 heavy (non-hydrogen) atoms. The molecule has 0 unspecified atom stereocenters. The number of aromatic nitrogens is 1. The maximum atomic E-state index is 10.5. The summed E-state index contributed by atoms with van der Waals surface area (Å²) in [6, 6.07) is 0. The van der Waals surface area contributed by atoms with E-state index in [9.17, 15) is 4.79 Å². The van der Waals surface area contributed by atoms with Crippen LogP contribution in [0.5, 0.6) is 0 Å². The Morgan fingerprint density at radius 3 is 2.56 bits per heavy atom. The number of hydrogen-bond donors (Lipinski definition) is 1. The Balaban J connectivity index is 3.08. The summed E-state index contributed by atoms with van der Waals surface area (Å²) in [5.74, 6) is 0. The van der Waals surface area contributed by atoms with Crippen LogP contribution in [-0.2, 0) is 0 Å². The van der Waals surface area contributed by atoms with Crippen LogP contribution >= 0.6 is 11.6 Å². The summed E-state index contributed by atoms with van der Waals surface area (Å²) in [6.45, 7) is 1.83. The van der Waals surface area contributed by atoms with Gasteiger partial charge in [0.25, 0.3) is 5.24 Å². The summed E-state index contributed by atoms with van der Waals surface area (Å²) >= 11 is 5.19. The molecule has 0 atom stereocenters. The van der Waals surface area contributed by atoms with Gasteiger partial charge >= 0.3 is 0 Å². The quantitative estimate of drug-likeness (QED) is 0.597. The molecule has 48 valence electrons. The molecule has 0 spiro atoms. The van der Waals surface area contributed by atoms with E-state index in [1.807, 2.05) is 6.92 Å². The highest BCUT2D eigenvalue weighted by atomic mass is 35.5. The average Bonchev–Trinajstić information content (AvgIpc) is 2.13. The van der Waals surface area contributed by atoms with E-state index in [0.29, 0.717) is 5.56 Å². The van der Waals surface area contributed by atoms with E-state index >= 15 is 0 Å². The van der Waals surface area contributed by atoms with Crippen LogP contribution in [-0.4, -0.2) is 10.2 Å². The van der Waals surface area contributed by atoms with Crippen molar-refractivity contribution in [3.8, 4) is 0 Å². The predicted octanol–water partition coefficient (Wildman–Crippen LogP) is 1.70. The number of nitrogens with one attached hydrogen (secondary N) is 1. The number of halogens is 1. The van der Waals surface area contributed by atoms with Gasteiger partial charge in [0.1, 0.15) is 0 Å². The van der Waals surface area contributed by atoms with E-state index in [1.54, 1.807) is 12.4 Å². The molecule has 3 heteroatoms. The summed E-state index contributed by atoms with van der Waals surface area (Å²) in [5, 5.41) is -0.409. The van der Waals surface area contributed by atoms with Gasteiger partial charge in [0.15, 0.2) is 0 Å².